The first kappa shape index (κ1) is 16.9. The van der Waals surface area contributed by atoms with Crippen LogP contribution in [-0.2, 0) is 15.6 Å². The SMILES string of the molecule is CC(CCCC(=O)O)NC(=O)NCCCS(C)=O. The third-order valence-electron chi connectivity index (χ3n) is 2.30. The lowest BCUT2D eigenvalue weighted by molar-refractivity contribution is -0.137. The highest BCUT2D eigenvalue weighted by Gasteiger charge is 2.07. The van der Waals surface area contributed by atoms with Gasteiger partial charge in [-0.3, -0.25) is 9.00 Å². The molecule has 0 aromatic heterocycles. The molecule has 0 spiro atoms. The first-order valence-corrected chi connectivity index (χ1v) is 7.70. The number of carbonyl (C=O) groups is 2. The second-order valence-corrected chi connectivity index (χ2v) is 5.77. The standard InChI is InChI=1S/C11H22N2O4S/c1-9(5-3-6-10(14)15)13-11(16)12-7-4-8-18(2)17/h9H,3-8H2,1-2H3,(H,14,15)(H2,12,13,16). The Hall–Kier alpha value is -1.11. The van der Waals surface area contributed by atoms with Crippen LogP contribution in [0.5, 0.6) is 0 Å². The molecule has 0 aliphatic carbocycles. The zero-order valence-corrected chi connectivity index (χ0v) is 11.7. The molecule has 0 saturated heterocycles. The largest absolute Gasteiger partial charge is 0.481 e. The number of carboxylic acid groups (broad SMARTS) is 1. The van der Waals surface area contributed by atoms with Gasteiger partial charge in [0.1, 0.15) is 0 Å². The summed E-state index contributed by atoms with van der Waals surface area (Å²) in [5, 5.41) is 13.9. The van der Waals surface area contributed by atoms with E-state index in [1.54, 1.807) is 6.26 Å². The third kappa shape index (κ3) is 11.4. The number of hydrogen-bond donors (Lipinski definition) is 3. The van der Waals surface area contributed by atoms with Gasteiger partial charge in [-0.1, -0.05) is 0 Å². The van der Waals surface area contributed by atoms with Crippen molar-refractivity contribution in [1.29, 1.82) is 0 Å². The molecule has 2 amide bonds. The summed E-state index contributed by atoms with van der Waals surface area (Å²) in [6.45, 7) is 2.33. The van der Waals surface area contributed by atoms with Crippen LogP contribution in [0, 0.1) is 0 Å². The highest BCUT2D eigenvalue weighted by Crippen LogP contribution is 2.00. The molecule has 0 aliphatic rings. The summed E-state index contributed by atoms with van der Waals surface area (Å²) in [7, 11) is -0.827. The molecule has 0 aromatic rings. The molecule has 2 unspecified atom stereocenters. The highest BCUT2D eigenvalue weighted by atomic mass is 32.2. The number of aliphatic carboxylic acids is 1. The molecule has 0 bridgehead atoms. The Morgan fingerprint density at radius 3 is 2.56 bits per heavy atom. The predicted octanol–water partition coefficient (Wildman–Crippen LogP) is 0.698. The van der Waals surface area contributed by atoms with E-state index in [9.17, 15) is 13.8 Å². The molecule has 0 aliphatic heterocycles. The summed E-state index contributed by atoms with van der Waals surface area (Å²) in [6, 6.07) is -0.315. The fraction of sp³-hybridized carbons (Fsp3) is 0.818. The average molecular weight is 278 g/mol. The third-order valence-corrected chi connectivity index (χ3v) is 3.16. The van der Waals surface area contributed by atoms with Crippen LogP contribution >= 0.6 is 0 Å². The molecule has 106 valence electrons. The Morgan fingerprint density at radius 2 is 2.00 bits per heavy atom. The summed E-state index contributed by atoms with van der Waals surface area (Å²) in [5.74, 6) is -0.242. The number of hydrogen-bond acceptors (Lipinski definition) is 3. The topological polar surface area (TPSA) is 95.5 Å². The molecule has 7 heteroatoms. The molecular weight excluding hydrogens is 256 g/mol. The lowest BCUT2D eigenvalue weighted by atomic mass is 10.1. The molecule has 0 rings (SSSR count). The van der Waals surface area contributed by atoms with Gasteiger partial charge in [0.15, 0.2) is 0 Å². The normalized spacial score (nSPS) is 13.7. The Labute approximate surface area is 110 Å². The van der Waals surface area contributed by atoms with Crippen LogP contribution in [-0.4, -0.2) is 45.9 Å². The Bertz CT molecular complexity index is 297. The Kier molecular flexibility index (Phi) is 9.26. The molecule has 0 saturated carbocycles. The maximum absolute atomic E-state index is 11.4. The number of carboxylic acids is 1. The second-order valence-electron chi connectivity index (χ2n) is 4.22. The van der Waals surface area contributed by atoms with Gasteiger partial charge in [-0.25, -0.2) is 4.79 Å². The number of rotatable bonds is 9. The molecule has 3 N–H and O–H groups in total. The number of urea groups is 1. The molecule has 0 aromatic carbocycles. The first-order chi connectivity index (χ1) is 8.41. The van der Waals surface area contributed by atoms with Gasteiger partial charge in [-0.05, 0) is 26.2 Å². The molecule has 6 nitrogen and oxygen atoms in total. The minimum Gasteiger partial charge on any atom is -0.481 e. The maximum Gasteiger partial charge on any atom is 0.314 e. The number of amides is 2. The summed E-state index contributed by atoms with van der Waals surface area (Å²) in [5.41, 5.74) is 0. The molecular formula is C11H22N2O4S. The summed E-state index contributed by atoms with van der Waals surface area (Å²) < 4.78 is 10.8. The van der Waals surface area contributed by atoms with E-state index in [1.807, 2.05) is 6.92 Å². The van der Waals surface area contributed by atoms with Crippen molar-refractivity contribution in [2.24, 2.45) is 0 Å². The minimum atomic E-state index is -0.827. The molecule has 0 heterocycles. The van der Waals surface area contributed by atoms with Gasteiger partial charge in [0.2, 0.25) is 0 Å². The van der Waals surface area contributed by atoms with E-state index in [0.717, 1.165) is 0 Å². The van der Waals surface area contributed by atoms with Gasteiger partial charge >= 0.3 is 12.0 Å². The molecule has 2 atom stereocenters. The van der Waals surface area contributed by atoms with Crippen molar-refractivity contribution in [3.05, 3.63) is 0 Å². The van der Waals surface area contributed by atoms with Crippen LogP contribution in [0.3, 0.4) is 0 Å². The van der Waals surface area contributed by atoms with Crippen molar-refractivity contribution < 1.29 is 18.9 Å². The van der Waals surface area contributed by atoms with Gasteiger partial charge in [-0.2, -0.15) is 0 Å². The molecule has 18 heavy (non-hydrogen) atoms. The van der Waals surface area contributed by atoms with Crippen LogP contribution in [0.15, 0.2) is 0 Å². The van der Waals surface area contributed by atoms with Crippen LogP contribution < -0.4 is 10.6 Å². The van der Waals surface area contributed by atoms with Crippen molar-refractivity contribution >= 4 is 22.8 Å². The van der Waals surface area contributed by atoms with E-state index in [-0.39, 0.29) is 18.5 Å². The summed E-state index contributed by atoms with van der Waals surface area (Å²) in [4.78, 5) is 21.7. The van der Waals surface area contributed by atoms with Gasteiger partial charge in [0, 0.05) is 41.8 Å². The van der Waals surface area contributed by atoms with Crippen molar-refractivity contribution in [1.82, 2.24) is 10.6 Å². The molecule has 0 radical (unpaired) electrons. The van der Waals surface area contributed by atoms with Gasteiger partial charge in [-0.15, -0.1) is 0 Å². The van der Waals surface area contributed by atoms with E-state index in [1.165, 1.54) is 0 Å². The second kappa shape index (κ2) is 9.87. The average Bonchev–Trinajstić information content (AvgIpc) is 2.23. The van der Waals surface area contributed by atoms with Gasteiger partial charge in [0.05, 0.1) is 0 Å². The summed E-state index contributed by atoms with van der Waals surface area (Å²) in [6.07, 6.45) is 3.62. The van der Waals surface area contributed by atoms with E-state index >= 15 is 0 Å². The van der Waals surface area contributed by atoms with Crippen molar-refractivity contribution in [2.75, 3.05) is 18.6 Å². The van der Waals surface area contributed by atoms with E-state index < -0.39 is 16.8 Å². The van der Waals surface area contributed by atoms with E-state index in [4.69, 9.17) is 5.11 Å². The fourth-order valence-corrected chi connectivity index (χ4v) is 1.93. The lowest BCUT2D eigenvalue weighted by Crippen LogP contribution is -2.41. The van der Waals surface area contributed by atoms with Crippen molar-refractivity contribution in [3.8, 4) is 0 Å². The van der Waals surface area contributed by atoms with Crippen LogP contribution in [0.25, 0.3) is 0 Å². The van der Waals surface area contributed by atoms with Crippen LogP contribution in [0.1, 0.15) is 32.6 Å². The zero-order chi connectivity index (χ0) is 14.0. The van der Waals surface area contributed by atoms with Gasteiger partial charge in [0.25, 0.3) is 0 Å². The summed E-state index contributed by atoms with van der Waals surface area (Å²) >= 11 is 0. The van der Waals surface area contributed by atoms with E-state index in [2.05, 4.69) is 10.6 Å². The van der Waals surface area contributed by atoms with Crippen molar-refractivity contribution in [3.63, 3.8) is 0 Å². The van der Waals surface area contributed by atoms with Crippen LogP contribution in [0.2, 0.25) is 0 Å². The van der Waals surface area contributed by atoms with Crippen molar-refractivity contribution in [2.45, 2.75) is 38.6 Å². The zero-order valence-electron chi connectivity index (χ0n) is 10.9. The highest BCUT2D eigenvalue weighted by molar-refractivity contribution is 7.84. The maximum atomic E-state index is 11.4. The Balaban J connectivity index is 3.54. The molecule has 0 fully saturated rings. The van der Waals surface area contributed by atoms with Gasteiger partial charge < -0.3 is 15.7 Å². The minimum absolute atomic E-state index is 0.0512. The number of nitrogens with one attached hydrogen (secondary N) is 2. The number of carbonyl (C=O) groups excluding carboxylic acids is 1. The quantitative estimate of drug-likeness (QED) is 0.541. The first-order valence-electron chi connectivity index (χ1n) is 5.98. The Morgan fingerprint density at radius 1 is 1.33 bits per heavy atom. The fourth-order valence-electron chi connectivity index (χ4n) is 1.38. The predicted molar refractivity (Wildman–Crippen MR) is 71.0 cm³/mol. The monoisotopic (exact) mass is 278 g/mol. The lowest BCUT2D eigenvalue weighted by Gasteiger charge is -2.13. The van der Waals surface area contributed by atoms with E-state index in [0.29, 0.717) is 31.6 Å². The smallest absolute Gasteiger partial charge is 0.314 e. The van der Waals surface area contributed by atoms with Crippen LogP contribution in [0.4, 0.5) is 4.79 Å².